The fourth-order valence-electron chi connectivity index (χ4n) is 1.36. The number of anilines is 1. The molecule has 1 atom stereocenters. The van der Waals surface area contributed by atoms with E-state index in [0.717, 1.165) is 0 Å². The number of nitrogens with two attached hydrogens (primary N) is 1. The van der Waals surface area contributed by atoms with Crippen molar-refractivity contribution in [1.29, 1.82) is 0 Å². The number of hydrogen-bond donors (Lipinski definition) is 2. The smallest absolute Gasteiger partial charge is 0.325 e. The monoisotopic (exact) mass is 239 g/mol. The molecule has 0 fully saturated rings. The van der Waals surface area contributed by atoms with Gasteiger partial charge < -0.3 is 15.7 Å². The first-order valence-corrected chi connectivity index (χ1v) is 4.78. The fraction of sp³-hybridized carbons (Fsp3) is 0.300. The second kappa shape index (κ2) is 4.79. The molecule has 0 aromatic heterocycles. The number of carboxylic acids is 1. The first-order chi connectivity index (χ1) is 7.84. The molecule has 0 unspecified atom stereocenters. The molecule has 1 aromatic carbocycles. The quantitative estimate of drug-likeness (QED) is 0.592. The van der Waals surface area contributed by atoms with Gasteiger partial charge in [0.25, 0.3) is 5.69 Å². The topological polar surface area (TPSA) is 110 Å². The maximum absolute atomic E-state index is 10.9. The Balaban J connectivity index is 3.32. The summed E-state index contributed by atoms with van der Waals surface area (Å²) >= 11 is 0. The molecule has 1 rings (SSSR count). The van der Waals surface area contributed by atoms with E-state index in [2.05, 4.69) is 0 Å². The summed E-state index contributed by atoms with van der Waals surface area (Å²) in [6.07, 6.45) is 0. The van der Waals surface area contributed by atoms with E-state index >= 15 is 0 Å². The molecule has 0 aliphatic heterocycles. The van der Waals surface area contributed by atoms with Gasteiger partial charge >= 0.3 is 5.97 Å². The van der Waals surface area contributed by atoms with E-state index in [-0.39, 0.29) is 11.3 Å². The lowest BCUT2D eigenvalue weighted by Gasteiger charge is -2.14. The Kier molecular flexibility index (Phi) is 3.64. The molecule has 0 bridgehead atoms. The van der Waals surface area contributed by atoms with Gasteiger partial charge in [-0.15, -0.1) is 0 Å². The third-order valence-electron chi connectivity index (χ3n) is 2.33. The van der Waals surface area contributed by atoms with E-state index < -0.39 is 16.9 Å². The van der Waals surface area contributed by atoms with Crippen molar-refractivity contribution in [2.24, 2.45) is 5.73 Å². The van der Waals surface area contributed by atoms with Crippen molar-refractivity contribution in [3.63, 3.8) is 0 Å². The van der Waals surface area contributed by atoms with Crippen molar-refractivity contribution < 1.29 is 14.8 Å². The van der Waals surface area contributed by atoms with E-state index in [4.69, 9.17) is 10.8 Å². The molecule has 1 aromatic rings. The Hall–Kier alpha value is -2.15. The number of benzene rings is 1. The standard InChI is InChI=1S/C10H13N3O4/c1-12(2)6-3-4-7(9(11)10(14)15)8(5-6)13(16)17/h3-5,9H,11H2,1-2H3,(H,14,15)/t9-/m0/s1. The van der Waals surface area contributed by atoms with Gasteiger partial charge in [-0.3, -0.25) is 14.9 Å². The second-order valence-corrected chi connectivity index (χ2v) is 3.71. The average Bonchev–Trinajstić information content (AvgIpc) is 2.26. The van der Waals surface area contributed by atoms with Gasteiger partial charge in [-0.1, -0.05) is 0 Å². The Morgan fingerprint density at radius 3 is 2.53 bits per heavy atom. The van der Waals surface area contributed by atoms with Gasteiger partial charge in [-0.2, -0.15) is 0 Å². The largest absolute Gasteiger partial charge is 0.480 e. The summed E-state index contributed by atoms with van der Waals surface area (Å²) < 4.78 is 0. The Morgan fingerprint density at radius 1 is 1.53 bits per heavy atom. The summed E-state index contributed by atoms with van der Waals surface area (Å²) in [7, 11) is 3.46. The summed E-state index contributed by atoms with van der Waals surface area (Å²) in [5, 5.41) is 19.6. The van der Waals surface area contributed by atoms with E-state index in [9.17, 15) is 14.9 Å². The molecule has 0 aliphatic carbocycles. The molecule has 0 aliphatic rings. The Morgan fingerprint density at radius 2 is 2.12 bits per heavy atom. The average molecular weight is 239 g/mol. The number of aliphatic carboxylic acids is 1. The van der Waals surface area contributed by atoms with Crippen LogP contribution in [0.1, 0.15) is 11.6 Å². The zero-order valence-corrected chi connectivity index (χ0v) is 9.45. The number of carboxylic acid groups (broad SMARTS) is 1. The Bertz CT molecular complexity index is 459. The zero-order chi connectivity index (χ0) is 13.2. The van der Waals surface area contributed by atoms with Crippen molar-refractivity contribution in [3.8, 4) is 0 Å². The van der Waals surface area contributed by atoms with E-state index in [1.165, 1.54) is 12.1 Å². The number of nitro benzene ring substituents is 1. The SMILES string of the molecule is CN(C)c1ccc([C@H](N)C(=O)O)c([N+](=O)[O-])c1. The van der Waals surface area contributed by atoms with Crippen LogP contribution in [0.25, 0.3) is 0 Å². The number of hydrogen-bond acceptors (Lipinski definition) is 5. The van der Waals surface area contributed by atoms with Gasteiger partial charge in [0.15, 0.2) is 0 Å². The van der Waals surface area contributed by atoms with Crippen molar-refractivity contribution in [3.05, 3.63) is 33.9 Å². The first kappa shape index (κ1) is 12.9. The molecule has 0 heterocycles. The second-order valence-electron chi connectivity index (χ2n) is 3.71. The highest BCUT2D eigenvalue weighted by atomic mass is 16.6. The molecule has 7 heteroatoms. The normalized spacial score (nSPS) is 11.9. The predicted octanol–water partition coefficient (Wildman–Crippen LogP) is 0.745. The molecule has 3 N–H and O–H groups in total. The first-order valence-electron chi connectivity index (χ1n) is 4.78. The number of rotatable bonds is 4. The minimum atomic E-state index is -1.40. The highest BCUT2D eigenvalue weighted by Crippen LogP contribution is 2.28. The molecule has 0 saturated carbocycles. The van der Waals surface area contributed by atoms with Crippen LogP contribution in [0.4, 0.5) is 11.4 Å². The van der Waals surface area contributed by atoms with Crippen LogP contribution < -0.4 is 10.6 Å². The van der Waals surface area contributed by atoms with Crippen LogP contribution in [-0.2, 0) is 4.79 Å². The summed E-state index contributed by atoms with van der Waals surface area (Å²) in [6, 6.07) is 2.86. The highest BCUT2D eigenvalue weighted by Gasteiger charge is 2.24. The summed E-state index contributed by atoms with van der Waals surface area (Å²) in [5.41, 5.74) is 5.70. The third-order valence-corrected chi connectivity index (χ3v) is 2.33. The summed E-state index contributed by atoms with van der Waals surface area (Å²) in [5.74, 6) is -1.30. The van der Waals surface area contributed by atoms with Crippen LogP contribution in [0.3, 0.4) is 0 Å². The van der Waals surface area contributed by atoms with Gasteiger partial charge in [-0.05, 0) is 12.1 Å². The van der Waals surface area contributed by atoms with Gasteiger partial charge in [0.2, 0.25) is 0 Å². The van der Waals surface area contributed by atoms with Crippen molar-refractivity contribution >= 4 is 17.3 Å². The van der Waals surface area contributed by atoms with Crippen LogP contribution in [0.15, 0.2) is 18.2 Å². The van der Waals surface area contributed by atoms with E-state index in [1.807, 2.05) is 0 Å². The minimum Gasteiger partial charge on any atom is -0.480 e. The van der Waals surface area contributed by atoms with Crippen molar-refractivity contribution in [2.45, 2.75) is 6.04 Å². The molecule has 92 valence electrons. The van der Waals surface area contributed by atoms with Crippen LogP contribution >= 0.6 is 0 Å². The van der Waals surface area contributed by atoms with Crippen LogP contribution in [0, 0.1) is 10.1 Å². The lowest BCUT2D eigenvalue weighted by molar-refractivity contribution is -0.385. The van der Waals surface area contributed by atoms with Crippen molar-refractivity contribution in [1.82, 2.24) is 0 Å². The molecule has 7 nitrogen and oxygen atoms in total. The van der Waals surface area contributed by atoms with Crippen LogP contribution in [0.5, 0.6) is 0 Å². The molecular formula is C10H13N3O4. The third kappa shape index (κ3) is 2.70. The lowest BCUT2D eigenvalue weighted by atomic mass is 10.0. The molecule has 0 saturated heterocycles. The molecule has 0 radical (unpaired) electrons. The maximum atomic E-state index is 10.9. The van der Waals surface area contributed by atoms with Crippen molar-refractivity contribution in [2.75, 3.05) is 19.0 Å². The molecule has 17 heavy (non-hydrogen) atoms. The maximum Gasteiger partial charge on any atom is 0.325 e. The minimum absolute atomic E-state index is 0.00639. The van der Waals surface area contributed by atoms with E-state index in [1.54, 1.807) is 25.1 Å². The number of carbonyl (C=O) groups is 1. The fourth-order valence-corrected chi connectivity index (χ4v) is 1.36. The van der Waals surface area contributed by atoms with Gasteiger partial charge in [0, 0.05) is 25.8 Å². The Labute approximate surface area is 97.6 Å². The predicted molar refractivity (Wildman–Crippen MR) is 62.0 cm³/mol. The zero-order valence-electron chi connectivity index (χ0n) is 9.45. The van der Waals surface area contributed by atoms with Gasteiger partial charge in [-0.25, -0.2) is 0 Å². The van der Waals surface area contributed by atoms with Crippen LogP contribution in [-0.4, -0.2) is 30.1 Å². The van der Waals surface area contributed by atoms with E-state index in [0.29, 0.717) is 5.69 Å². The summed E-state index contributed by atoms with van der Waals surface area (Å²) in [4.78, 5) is 22.6. The highest BCUT2D eigenvalue weighted by molar-refractivity contribution is 5.77. The number of nitro groups is 1. The molecular weight excluding hydrogens is 226 g/mol. The number of nitrogens with zero attached hydrogens (tertiary/aromatic N) is 2. The molecule has 0 amide bonds. The molecule has 0 spiro atoms. The summed E-state index contributed by atoms with van der Waals surface area (Å²) in [6.45, 7) is 0. The lowest BCUT2D eigenvalue weighted by Crippen LogP contribution is -2.22. The van der Waals surface area contributed by atoms with Gasteiger partial charge in [0.1, 0.15) is 6.04 Å². The van der Waals surface area contributed by atoms with Crippen LogP contribution in [0.2, 0.25) is 0 Å². The van der Waals surface area contributed by atoms with Gasteiger partial charge in [0.05, 0.1) is 10.5 Å².